The third-order valence-corrected chi connectivity index (χ3v) is 6.69. The molecule has 2 aliphatic rings. The maximum atomic E-state index is 12.4. The number of hydrogen-bond donors (Lipinski definition) is 2. The molecule has 136 valence electrons. The van der Waals surface area contributed by atoms with Gasteiger partial charge in [-0.25, -0.2) is 0 Å². The lowest BCUT2D eigenvalue weighted by Crippen LogP contribution is -2.48. The normalized spacial score (nSPS) is 29.3. The van der Waals surface area contributed by atoms with Crippen molar-refractivity contribution in [1.82, 2.24) is 5.32 Å². The van der Waals surface area contributed by atoms with Crippen molar-refractivity contribution in [2.45, 2.75) is 53.0 Å². The van der Waals surface area contributed by atoms with E-state index < -0.39 is 0 Å². The van der Waals surface area contributed by atoms with Gasteiger partial charge < -0.3 is 15.4 Å². The number of ether oxygens (including phenoxy) is 1. The molecule has 0 heterocycles. The number of amides is 2. The largest absolute Gasteiger partial charge is 0.482 e. The number of fused-ring (bicyclic) bond motifs is 2. The molecular formula is C20H28N2O3. The van der Waals surface area contributed by atoms with Crippen molar-refractivity contribution in [1.29, 1.82) is 0 Å². The molecule has 2 saturated carbocycles. The Bertz CT molecular complexity index is 685. The van der Waals surface area contributed by atoms with Crippen molar-refractivity contribution in [2.24, 2.45) is 16.7 Å². The molecule has 1 aromatic carbocycles. The quantitative estimate of drug-likeness (QED) is 0.861. The number of rotatable bonds is 5. The molecule has 0 aromatic heterocycles. The fourth-order valence-electron chi connectivity index (χ4n) is 4.69. The summed E-state index contributed by atoms with van der Waals surface area (Å²) in [6.45, 7) is 8.36. The van der Waals surface area contributed by atoms with E-state index in [4.69, 9.17) is 4.74 Å². The summed E-state index contributed by atoms with van der Waals surface area (Å²) in [5, 5.41) is 5.90. The molecule has 2 N–H and O–H groups in total. The van der Waals surface area contributed by atoms with Crippen molar-refractivity contribution in [3.05, 3.63) is 24.3 Å². The zero-order chi connectivity index (χ0) is 18.2. The first-order chi connectivity index (χ1) is 11.7. The second-order valence-electron chi connectivity index (χ2n) is 8.20. The lowest BCUT2D eigenvalue weighted by molar-refractivity contribution is -0.124. The van der Waals surface area contributed by atoms with E-state index in [9.17, 15) is 9.59 Å². The average molecular weight is 344 g/mol. The maximum absolute atomic E-state index is 12.4. The van der Waals surface area contributed by atoms with Crippen LogP contribution >= 0.6 is 0 Å². The van der Waals surface area contributed by atoms with E-state index in [1.165, 1.54) is 19.8 Å². The van der Waals surface area contributed by atoms with Gasteiger partial charge in [-0.2, -0.15) is 0 Å². The summed E-state index contributed by atoms with van der Waals surface area (Å²) in [7, 11) is 0. The zero-order valence-electron chi connectivity index (χ0n) is 15.5. The van der Waals surface area contributed by atoms with Gasteiger partial charge in [-0.05, 0) is 48.1 Å². The van der Waals surface area contributed by atoms with E-state index in [-0.39, 0.29) is 35.3 Å². The lowest BCUT2D eigenvalue weighted by atomic mass is 9.69. The molecule has 0 saturated heterocycles. The number of benzene rings is 1. The Morgan fingerprint density at radius 3 is 2.56 bits per heavy atom. The average Bonchev–Trinajstić information content (AvgIpc) is 2.87. The van der Waals surface area contributed by atoms with Crippen molar-refractivity contribution >= 4 is 17.5 Å². The van der Waals surface area contributed by atoms with Gasteiger partial charge in [-0.3, -0.25) is 9.59 Å². The summed E-state index contributed by atoms with van der Waals surface area (Å²) in [5.41, 5.74) is 1.00. The van der Waals surface area contributed by atoms with Gasteiger partial charge >= 0.3 is 0 Å². The van der Waals surface area contributed by atoms with Gasteiger partial charge in [0.2, 0.25) is 5.91 Å². The Hall–Kier alpha value is -2.04. The first-order valence-electron chi connectivity index (χ1n) is 9.03. The molecule has 2 fully saturated rings. The summed E-state index contributed by atoms with van der Waals surface area (Å²) in [5.74, 6) is 0.918. The first-order valence-corrected chi connectivity index (χ1v) is 9.03. The van der Waals surface area contributed by atoms with Crippen LogP contribution in [0.5, 0.6) is 5.75 Å². The molecule has 5 heteroatoms. The summed E-state index contributed by atoms with van der Waals surface area (Å²) in [6.07, 6.45) is 3.48. The van der Waals surface area contributed by atoms with Crippen molar-refractivity contribution in [3.8, 4) is 5.75 Å². The summed E-state index contributed by atoms with van der Waals surface area (Å²) < 4.78 is 5.65. The fraction of sp³-hybridized carbons (Fsp3) is 0.600. The number of nitrogens with one attached hydrogen (secondary N) is 2. The molecule has 0 radical (unpaired) electrons. The van der Waals surface area contributed by atoms with Gasteiger partial charge in [-0.1, -0.05) is 32.9 Å². The van der Waals surface area contributed by atoms with E-state index in [2.05, 4.69) is 31.4 Å². The predicted octanol–water partition coefficient (Wildman–Crippen LogP) is 3.35. The number of carbonyl (C=O) groups excluding carboxylic acids is 2. The number of carbonyl (C=O) groups is 2. The Labute approximate surface area is 149 Å². The van der Waals surface area contributed by atoms with Crippen molar-refractivity contribution < 1.29 is 14.3 Å². The van der Waals surface area contributed by atoms with Crippen LogP contribution in [0, 0.1) is 16.7 Å². The van der Waals surface area contributed by atoms with Crippen LogP contribution in [0.3, 0.4) is 0 Å². The van der Waals surface area contributed by atoms with Gasteiger partial charge in [0.1, 0.15) is 5.75 Å². The standard InChI is InChI=1S/C20H28N2O3/c1-13(23)21-15-7-5-6-8-16(15)25-12-18(24)22-17-11-14-9-10-20(17,4)19(14,2)3/h5-8,14,17H,9-12H2,1-4H3,(H,21,23)(H,22,24)/t14-,17-,20-/m1/s1. The Morgan fingerprint density at radius 2 is 1.96 bits per heavy atom. The van der Waals surface area contributed by atoms with Gasteiger partial charge in [0.25, 0.3) is 5.91 Å². The van der Waals surface area contributed by atoms with E-state index in [0.717, 1.165) is 6.42 Å². The first kappa shape index (κ1) is 17.8. The molecule has 2 bridgehead atoms. The summed E-state index contributed by atoms with van der Waals surface area (Å²) in [4.78, 5) is 23.7. The smallest absolute Gasteiger partial charge is 0.258 e. The second-order valence-corrected chi connectivity index (χ2v) is 8.20. The number of anilines is 1. The van der Waals surface area contributed by atoms with Crippen molar-refractivity contribution in [3.63, 3.8) is 0 Å². The second kappa shape index (κ2) is 6.36. The molecule has 3 rings (SSSR count). The highest BCUT2D eigenvalue weighted by Crippen LogP contribution is 2.65. The van der Waals surface area contributed by atoms with Crippen LogP contribution in [-0.2, 0) is 9.59 Å². The Balaban J connectivity index is 1.59. The van der Waals surface area contributed by atoms with E-state index in [1.54, 1.807) is 12.1 Å². The van der Waals surface area contributed by atoms with Gasteiger partial charge in [0.15, 0.2) is 6.61 Å². The van der Waals surface area contributed by atoms with Gasteiger partial charge in [0, 0.05) is 13.0 Å². The minimum Gasteiger partial charge on any atom is -0.482 e. The van der Waals surface area contributed by atoms with Crippen LogP contribution in [0.15, 0.2) is 24.3 Å². The van der Waals surface area contributed by atoms with E-state index in [1.807, 2.05) is 12.1 Å². The molecule has 5 nitrogen and oxygen atoms in total. The van der Waals surface area contributed by atoms with Crippen molar-refractivity contribution in [2.75, 3.05) is 11.9 Å². The van der Waals surface area contributed by atoms with E-state index >= 15 is 0 Å². The molecule has 0 unspecified atom stereocenters. The third-order valence-electron chi connectivity index (χ3n) is 6.69. The zero-order valence-corrected chi connectivity index (χ0v) is 15.5. The molecule has 2 amide bonds. The highest BCUT2D eigenvalue weighted by Gasteiger charge is 2.61. The number of para-hydroxylation sites is 2. The predicted molar refractivity (Wildman–Crippen MR) is 97.4 cm³/mol. The lowest BCUT2D eigenvalue weighted by Gasteiger charge is -2.39. The summed E-state index contributed by atoms with van der Waals surface area (Å²) >= 11 is 0. The van der Waals surface area contributed by atoms with Crippen LogP contribution in [0.2, 0.25) is 0 Å². The molecule has 2 aliphatic carbocycles. The topological polar surface area (TPSA) is 67.4 Å². The van der Waals surface area contributed by atoms with Crippen LogP contribution in [0.25, 0.3) is 0 Å². The monoisotopic (exact) mass is 344 g/mol. The Morgan fingerprint density at radius 1 is 1.24 bits per heavy atom. The summed E-state index contributed by atoms with van der Waals surface area (Å²) in [6, 6.07) is 7.35. The SMILES string of the molecule is CC(=O)Nc1ccccc1OCC(=O)N[C@@H]1C[C@H]2CC[C@@]1(C)C2(C)C. The Kier molecular flexibility index (Phi) is 4.52. The van der Waals surface area contributed by atoms with Crippen LogP contribution in [0.4, 0.5) is 5.69 Å². The molecule has 25 heavy (non-hydrogen) atoms. The minimum absolute atomic E-state index is 0.0473. The van der Waals surface area contributed by atoms with Crippen LogP contribution in [0.1, 0.15) is 47.0 Å². The molecule has 1 aromatic rings. The number of hydrogen-bond acceptors (Lipinski definition) is 3. The van der Waals surface area contributed by atoms with Crippen LogP contribution in [-0.4, -0.2) is 24.5 Å². The highest BCUT2D eigenvalue weighted by molar-refractivity contribution is 5.90. The van der Waals surface area contributed by atoms with E-state index in [0.29, 0.717) is 17.4 Å². The molecule has 0 aliphatic heterocycles. The molecule has 0 spiro atoms. The molecular weight excluding hydrogens is 316 g/mol. The molecule has 3 atom stereocenters. The van der Waals surface area contributed by atoms with Gasteiger partial charge in [-0.15, -0.1) is 0 Å². The fourth-order valence-corrected chi connectivity index (χ4v) is 4.69. The maximum Gasteiger partial charge on any atom is 0.258 e. The van der Waals surface area contributed by atoms with Crippen LogP contribution < -0.4 is 15.4 Å². The third kappa shape index (κ3) is 3.12. The minimum atomic E-state index is -0.169. The van der Waals surface area contributed by atoms with Gasteiger partial charge in [0.05, 0.1) is 5.69 Å². The highest BCUT2D eigenvalue weighted by atomic mass is 16.5.